The van der Waals surface area contributed by atoms with E-state index in [1.54, 1.807) is 18.2 Å². The molecule has 0 atom stereocenters. The standard InChI is InChI=1S/C11H10Cl2O/c1-7(5-8(2)14)10-6-9(12)3-4-11(10)13/h3-6H,1-2H3/b7-5-. The zero-order chi connectivity index (χ0) is 10.7. The van der Waals surface area contributed by atoms with E-state index < -0.39 is 0 Å². The van der Waals surface area contributed by atoms with Crippen LogP contribution < -0.4 is 0 Å². The topological polar surface area (TPSA) is 17.1 Å². The molecule has 0 aromatic heterocycles. The summed E-state index contributed by atoms with van der Waals surface area (Å²) in [6.07, 6.45) is 1.54. The minimum absolute atomic E-state index is 0.00135. The molecule has 3 heteroatoms. The first-order valence-corrected chi connectivity index (χ1v) is 4.90. The van der Waals surface area contributed by atoms with Crippen LogP contribution in [0.25, 0.3) is 5.57 Å². The summed E-state index contributed by atoms with van der Waals surface area (Å²) >= 11 is 11.8. The maximum Gasteiger partial charge on any atom is 0.152 e. The molecule has 0 saturated carbocycles. The smallest absolute Gasteiger partial charge is 0.152 e. The second-order valence-corrected chi connectivity index (χ2v) is 3.91. The number of allylic oxidation sites excluding steroid dienone is 2. The van der Waals surface area contributed by atoms with E-state index in [0.717, 1.165) is 11.1 Å². The van der Waals surface area contributed by atoms with Crippen molar-refractivity contribution in [1.29, 1.82) is 0 Å². The van der Waals surface area contributed by atoms with Crippen LogP contribution in [0, 0.1) is 0 Å². The quantitative estimate of drug-likeness (QED) is 0.701. The molecule has 0 bridgehead atoms. The van der Waals surface area contributed by atoms with Gasteiger partial charge in [0.1, 0.15) is 0 Å². The molecule has 1 aromatic rings. The molecule has 0 spiro atoms. The first kappa shape index (κ1) is 11.3. The van der Waals surface area contributed by atoms with Crippen molar-refractivity contribution in [2.24, 2.45) is 0 Å². The highest BCUT2D eigenvalue weighted by molar-refractivity contribution is 6.34. The van der Waals surface area contributed by atoms with Gasteiger partial charge in [-0.1, -0.05) is 23.2 Å². The van der Waals surface area contributed by atoms with Crippen LogP contribution >= 0.6 is 23.2 Å². The van der Waals surface area contributed by atoms with Gasteiger partial charge in [0.05, 0.1) is 0 Å². The molecular formula is C11H10Cl2O. The van der Waals surface area contributed by atoms with Crippen LogP contribution in [0.1, 0.15) is 19.4 Å². The van der Waals surface area contributed by atoms with Gasteiger partial charge in [-0.3, -0.25) is 4.79 Å². The molecule has 0 saturated heterocycles. The molecule has 1 rings (SSSR count). The lowest BCUT2D eigenvalue weighted by atomic mass is 10.1. The number of ketones is 1. The van der Waals surface area contributed by atoms with E-state index in [-0.39, 0.29) is 5.78 Å². The van der Waals surface area contributed by atoms with Gasteiger partial charge in [-0.15, -0.1) is 0 Å². The van der Waals surface area contributed by atoms with Gasteiger partial charge in [-0.05, 0) is 49.3 Å². The van der Waals surface area contributed by atoms with E-state index in [4.69, 9.17) is 23.2 Å². The summed E-state index contributed by atoms with van der Waals surface area (Å²) in [5.74, 6) is -0.00135. The Morgan fingerprint density at radius 2 is 1.93 bits per heavy atom. The Kier molecular flexibility index (Phi) is 3.73. The predicted octanol–water partition coefficient (Wildman–Crippen LogP) is 3.99. The van der Waals surface area contributed by atoms with E-state index in [0.29, 0.717) is 10.0 Å². The van der Waals surface area contributed by atoms with Gasteiger partial charge in [-0.2, -0.15) is 0 Å². The molecule has 1 aromatic carbocycles. The molecule has 0 fully saturated rings. The lowest BCUT2D eigenvalue weighted by Crippen LogP contribution is -1.87. The van der Waals surface area contributed by atoms with Crippen molar-refractivity contribution in [3.63, 3.8) is 0 Å². The molecule has 0 aliphatic carbocycles. The minimum atomic E-state index is -0.00135. The van der Waals surface area contributed by atoms with Crippen molar-refractivity contribution in [2.45, 2.75) is 13.8 Å². The summed E-state index contributed by atoms with van der Waals surface area (Å²) < 4.78 is 0. The van der Waals surface area contributed by atoms with Crippen LogP contribution in [0.3, 0.4) is 0 Å². The van der Waals surface area contributed by atoms with Crippen molar-refractivity contribution in [3.05, 3.63) is 39.9 Å². The summed E-state index contributed by atoms with van der Waals surface area (Å²) in [6, 6.07) is 5.18. The first-order chi connectivity index (χ1) is 6.50. The maximum absolute atomic E-state index is 10.9. The fourth-order valence-corrected chi connectivity index (χ4v) is 1.62. The molecule has 0 radical (unpaired) electrons. The molecule has 0 unspecified atom stereocenters. The van der Waals surface area contributed by atoms with E-state index in [9.17, 15) is 4.79 Å². The average molecular weight is 229 g/mol. The summed E-state index contributed by atoms with van der Waals surface area (Å²) in [4.78, 5) is 10.9. The normalized spacial score (nSPS) is 11.6. The van der Waals surface area contributed by atoms with Crippen molar-refractivity contribution < 1.29 is 4.79 Å². The van der Waals surface area contributed by atoms with Gasteiger partial charge in [0.15, 0.2) is 5.78 Å². The number of hydrogen-bond donors (Lipinski definition) is 0. The van der Waals surface area contributed by atoms with Crippen molar-refractivity contribution in [3.8, 4) is 0 Å². The first-order valence-electron chi connectivity index (χ1n) is 4.15. The maximum atomic E-state index is 10.9. The number of carbonyl (C=O) groups is 1. The van der Waals surface area contributed by atoms with Gasteiger partial charge in [-0.25, -0.2) is 0 Å². The molecule has 0 N–H and O–H groups in total. The largest absolute Gasteiger partial charge is 0.295 e. The third kappa shape index (κ3) is 2.86. The van der Waals surface area contributed by atoms with Gasteiger partial charge >= 0.3 is 0 Å². The monoisotopic (exact) mass is 228 g/mol. The van der Waals surface area contributed by atoms with Crippen molar-refractivity contribution >= 4 is 34.6 Å². The van der Waals surface area contributed by atoms with Gasteiger partial charge in [0, 0.05) is 10.0 Å². The van der Waals surface area contributed by atoms with Crippen LogP contribution in [-0.2, 0) is 4.79 Å². The molecule has 74 valence electrons. The van der Waals surface area contributed by atoms with E-state index in [1.165, 1.54) is 13.0 Å². The van der Waals surface area contributed by atoms with E-state index in [1.807, 2.05) is 6.92 Å². The number of carbonyl (C=O) groups excluding carboxylic acids is 1. The van der Waals surface area contributed by atoms with Crippen LogP contribution in [0.5, 0.6) is 0 Å². The van der Waals surface area contributed by atoms with Crippen molar-refractivity contribution in [1.82, 2.24) is 0 Å². The van der Waals surface area contributed by atoms with Crippen LogP contribution in [0.15, 0.2) is 24.3 Å². The molecule has 0 aliphatic heterocycles. The fraction of sp³-hybridized carbons (Fsp3) is 0.182. The summed E-state index contributed by atoms with van der Waals surface area (Å²) in [5.41, 5.74) is 1.62. The summed E-state index contributed by atoms with van der Waals surface area (Å²) in [7, 11) is 0. The molecule has 0 heterocycles. The highest BCUT2D eigenvalue weighted by Gasteiger charge is 2.03. The lowest BCUT2D eigenvalue weighted by molar-refractivity contribution is -0.112. The second-order valence-electron chi connectivity index (χ2n) is 3.06. The molecule has 1 nitrogen and oxygen atoms in total. The summed E-state index contributed by atoms with van der Waals surface area (Å²) in [5, 5.41) is 1.21. The Morgan fingerprint density at radius 1 is 1.29 bits per heavy atom. The van der Waals surface area contributed by atoms with Gasteiger partial charge < -0.3 is 0 Å². The van der Waals surface area contributed by atoms with Crippen LogP contribution in [0.4, 0.5) is 0 Å². The van der Waals surface area contributed by atoms with Gasteiger partial charge in [0.2, 0.25) is 0 Å². The Labute approximate surface area is 93.3 Å². The Morgan fingerprint density at radius 3 is 2.50 bits per heavy atom. The molecular weight excluding hydrogens is 219 g/mol. The van der Waals surface area contributed by atoms with Crippen molar-refractivity contribution in [2.75, 3.05) is 0 Å². The zero-order valence-electron chi connectivity index (χ0n) is 7.97. The number of halogens is 2. The van der Waals surface area contributed by atoms with Crippen LogP contribution in [-0.4, -0.2) is 5.78 Å². The number of benzene rings is 1. The zero-order valence-corrected chi connectivity index (χ0v) is 9.49. The third-order valence-corrected chi connectivity index (χ3v) is 2.34. The average Bonchev–Trinajstić information content (AvgIpc) is 2.08. The number of rotatable bonds is 2. The van der Waals surface area contributed by atoms with E-state index >= 15 is 0 Å². The highest BCUT2D eigenvalue weighted by Crippen LogP contribution is 2.26. The lowest BCUT2D eigenvalue weighted by Gasteiger charge is -2.04. The Balaban J connectivity index is 3.18. The number of hydrogen-bond acceptors (Lipinski definition) is 1. The Bertz CT molecular complexity index is 394. The van der Waals surface area contributed by atoms with Gasteiger partial charge in [0.25, 0.3) is 0 Å². The molecule has 0 amide bonds. The second kappa shape index (κ2) is 4.63. The molecule has 14 heavy (non-hydrogen) atoms. The van der Waals surface area contributed by atoms with E-state index in [2.05, 4.69) is 0 Å². The fourth-order valence-electron chi connectivity index (χ4n) is 1.18. The minimum Gasteiger partial charge on any atom is -0.295 e. The summed E-state index contributed by atoms with van der Waals surface area (Å²) in [6.45, 7) is 3.33. The third-order valence-electron chi connectivity index (χ3n) is 1.77. The predicted molar refractivity (Wildman–Crippen MR) is 60.8 cm³/mol. The molecule has 0 aliphatic rings. The van der Waals surface area contributed by atoms with Crippen LogP contribution in [0.2, 0.25) is 10.0 Å². The SMILES string of the molecule is CC(=O)/C=C(/C)c1cc(Cl)ccc1Cl. The highest BCUT2D eigenvalue weighted by atomic mass is 35.5. The Hall–Kier alpha value is -0.790.